The number of piperidine rings is 1. The van der Waals surface area contributed by atoms with Crippen LogP contribution < -0.4 is 0 Å². The molecule has 0 radical (unpaired) electrons. The van der Waals surface area contributed by atoms with Gasteiger partial charge in [-0.15, -0.1) is 0 Å². The van der Waals surface area contributed by atoms with Gasteiger partial charge in [0.05, 0.1) is 17.3 Å². The van der Waals surface area contributed by atoms with Gasteiger partial charge in [0.2, 0.25) is 0 Å². The van der Waals surface area contributed by atoms with Crippen LogP contribution in [-0.2, 0) is 6.18 Å². The Morgan fingerprint density at radius 2 is 1.76 bits per heavy atom. The molecule has 0 unspecified atom stereocenters. The molecule has 0 aliphatic carbocycles. The third kappa shape index (κ3) is 5.58. The Balaban J connectivity index is 1.68. The van der Waals surface area contributed by atoms with Crippen molar-refractivity contribution in [2.24, 2.45) is 0 Å². The third-order valence-corrected chi connectivity index (χ3v) is 6.11. The quantitative estimate of drug-likeness (QED) is 0.372. The summed E-state index contributed by atoms with van der Waals surface area (Å²) in [6, 6.07) is 19.4. The number of halogens is 3. The number of allylic oxidation sites excluding steroid dienone is 1. The Morgan fingerprint density at radius 1 is 1.03 bits per heavy atom. The summed E-state index contributed by atoms with van der Waals surface area (Å²) in [4.78, 5) is 6.74. The lowest BCUT2D eigenvalue weighted by molar-refractivity contribution is -0.137. The summed E-state index contributed by atoms with van der Waals surface area (Å²) >= 11 is 0. The highest BCUT2D eigenvalue weighted by atomic mass is 19.4. The SMILES string of the molecule is C=C(C)C#C[C@H](c1ccc(-c2ccccn2)cc1)N1CCCC[C@H]1c1ccc(C(F)(F)F)cc1. The molecule has 2 nitrogen and oxygen atoms in total. The van der Waals surface area contributed by atoms with Crippen molar-refractivity contribution in [1.82, 2.24) is 9.88 Å². The van der Waals surface area contributed by atoms with Gasteiger partial charge in [0, 0.05) is 24.3 Å². The molecule has 3 aromatic rings. The molecule has 1 aromatic heterocycles. The summed E-state index contributed by atoms with van der Waals surface area (Å²) in [7, 11) is 0. The van der Waals surface area contributed by atoms with E-state index in [-0.39, 0.29) is 12.1 Å². The van der Waals surface area contributed by atoms with E-state index in [1.54, 1.807) is 18.3 Å². The molecule has 2 atom stereocenters. The molecule has 0 N–H and O–H groups in total. The van der Waals surface area contributed by atoms with Gasteiger partial charge in [-0.1, -0.05) is 67.3 Å². The minimum absolute atomic E-state index is 0.00378. The molecule has 5 heteroatoms. The predicted molar refractivity (Wildman–Crippen MR) is 130 cm³/mol. The number of nitrogens with zero attached hydrogens (tertiary/aromatic N) is 2. The molecule has 34 heavy (non-hydrogen) atoms. The van der Waals surface area contributed by atoms with E-state index in [0.29, 0.717) is 0 Å². The second-order valence-corrected chi connectivity index (χ2v) is 8.66. The second-order valence-electron chi connectivity index (χ2n) is 8.66. The van der Waals surface area contributed by atoms with E-state index in [4.69, 9.17) is 0 Å². The lowest BCUT2D eigenvalue weighted by Gasteiger charge is -2.40. The molecule has 0 amide bonds. The normalized spacial score (nSPS) is 17.5. The number of rotatable bonds is 4. The fourth-order valence-corrected chi connectivity index (χ4v) is 4.43. The Morgan fingerprint density at radius 3 is 2.38 bits per heavy atom. The van der Waals surface area contributed by atoms with Crippen LogP contribution in [0.15, 0.2) is 85.1 Å². The molecule has 1 saturated heterocycles. The van der Waals surface area contributed by atoms with Crippen LogP contribution in [-0.4, -0.2) is 16.4 Å². The number of aromatic nitrogens is 1. The van der Waals surface area contributed by atoms with Crippen LogP contribution in [0.4, 0.5) is 13.2 Å². The molecule has 2 aromatic carbocycles. The minimum Gasteiger partial charge on any atom is -0.279 e. The fourth-order valence-electron chi connectivity index (χ4n) is 4.43. The number of benzene rings is 2. The largest absolute Gasteiger partial charge is 0.416 e. The van der Waals surface area contributed by atoms with Crippen LogP contribution in [0.2, 0.25) is 0 Å². The van der Waals surface area contributed by atoms with Crippen LogP contribution in [0.5, 0.6) is 0 Å². The molecule has 1 fully saturated rings. The molecule has 1 aliphatic rings. The highest BCUT2D eigenvalue weighted by Gasteiger charge is 2.33. The first-order valence-electron chi connectivity index (χ1n) is 11.4. The van der Waals surface area contributed by atoms with Gasteiger partial charge >= 0.3 is 6.18 Å². The Hall–Kier alpha value is -3.36. The summed E-state index contributed by atoms with van der Waals surface area (Å²) in [5, 5.41) is 0. The first-order chi connectivity index (χ1) is 16.3. The number of hydrogen-bond acceptors (Lipinski definition) is 2. The van der Waals surface area contributed by atoms with Crippen molar-refractivity contribution in [2.75, 3.05) is 6.54 Å². The van der Waals surface area contributed by atoms with Crippen molar-refractivity contribution in [2.45, 2.75) is 44.4 Å². The van der Waals surface area contributed by atoms with E-state index in [9.17, 15) is 13.2 Å². The average molecular weight is 461 g/mol. The minimum atomic E-state index is -4.34. The second kappa shape index (κ2) is 10.3. The molecular weight excluding hydrogens is 433 g/mol. The maximum Gasteiger partial charge on any atom is 0.416 e. The number of hydrogen-bond donors (Lipinski definition) is 0. The highest BCUT2D eigenvalue weighted by molar-refractivity contribution is 5.59. The van der Waals surface area contributed by atoms with Crippen molar-refractivity contribution in [1.29, 1.82) is 0 Å². The summed E-state index contributed by atoms with van der Waals surface area (Å²) in [6.07, 6.45) is 0.362. The molecule has 1 aliphatic heterocycles. The van der Waals surface area contributed by atoms with Crippen LogP contribution in [0.1, 0.15) is 55.0 Å². The Labute approximate surface area is 199 Å². The fraction of sp³-hybridized carbons (Fsp3) is 0.276. The smallest absolute Gasteiger partial charge is 0.279 e. The molecule has 0 saturated carbocycles. The lowest BCUT2D eigenvalue weighted by atomic mass is 9.91. The first kappa shape index (κ1) is 23.8. The van der Waals surface area contributed by atoms with E-state index in [1.807, 2.05) is 37.3 Å². The maximum absolute atomic E-state index is 13.1. The number of pyridine rings is 1. The predicted octanol–water partition coefficient (Wildman–Crippen LogP) is 7.62. The summed E-state index contributed by atoms with van der Waals surface area (Å²) in [5.41, 5.74) is 4.01. The maximum atomic E-state index is 13.1. The van der Waals surface area contributed by atoms with Crippen LogP contribution in [0.25, 0.3) is 11.3 Å². The molecule has 4 rings (SSSR count). The molecular formula is C29H27F3N2. The van der Waals surface area contributed by atoms with Gasteiger partial charge in [0.1, 0.15) is 0 Å². The van der Waals surface area contributed by atoms with Crippen molar-refractivity contribution in [3.8, 4) is 23.1 Å². The van der Waals surface area contributed by atoms with Crippen molar-refractivity contribution < 1.29 is 13.2 Å². The van der Waals surface area contributed by atoms with Crippen molar-refractivity contribution in [3.05, 3.63) is 102 Å². The summed E-state index contributed by atoms with van der Waals surface area (Å²) < 4.78 is 39.2. The van der Waals surface area contributed by atoms with Crippen LogP contribution in [0, 0.1) is 11.8 Å². The van der Waals surface area contributed by atoms with Crippen molar-refractivity contribution in [3.63, 3.8) is 0 Å². The zero-order valence-corrected chi connectivity index (χ0v) is 19.1. The van der Waals surface area contributed by atoms with E-state index in [1.165, 1.54) is 12.1 Å². The van der Waals surface area contributed by atoms with Gasteiger partial charge in [-0.2, -0.15) is 13.2 Å². The number of likely N-dealkylation sites (tertiary alicyclic amines) is 1. The van der Waals surface area contributed by atoms with Gasteiger partial charge in [0.15, 0.2) is 0 Å². The number of alkyl halides is 3. The van der Waals surface area contributed by atoms with Gasteiger partial charge in [0.25, 0.3) is 0 Å². The summed E-state index contributed by atoms with van der Waals surface area (Å²) in [6.45, 7) is 6.62. The first-order valence-corrected chi connectivity index (χ1v) is 11.4. The molecule has 0 spiro atoms. The van der Waals surface area contributed by atoms with Crippen LogP contribution in [0.3, 0.4) is 0 Å². The standard InChI is InChI=1S/C29H27F3N2/c1-21(2)9-18-28(23-12-10-22(11-13-23)26-7-3-5-19-33-26)34-20-6-4-8-27(34)24-14-16-25(17-15-24)29(30,31)32/h3,5,7,10-17,19,27-28H,1,4,6,8,20H2,2H3/t27-,28+/m0/s1. The van der Waals surface area contributed by atoms with Gasteiger partial charge in [-0.05, 0) is 60.7 Å². The average Bonchev–Trinajstić information content (AvgIpc) is 2.85. The van der Waals surface area contributed by atoms with E-state index in [2.05, 4.69) is 40.4 Å². The molecule has 174 valence electrons. The molecule has 2 heterocycles. The highest BCUT2D eigenvalue weighted by Crippen LogP contribution is 2.39. The zero-order chi connectivity index (χ0) is 24.1. The van der Waals surface area contributed by atoms with E-state index >= 15 is 0 Å². The van der Waals surface area contributed by atoms with Crippen LogP contribution >= 0.6 is 0 Å². The van der Waals surface area contributed by atoms with Gasteiger partial charge < -0.3 is 0 Å². The van der Waals surface area contributed by atoms with Gasteiger partial charge in [-0.25, -0.2) is 0 Å². The zero-order valence-electron chi connectivity index (χ0n) is 19.1. The van der Waals surface area contributed by atoms with Gasteiger partial charge in [-0.3, -0.25) is 9.88 Å². The Kier molecular flexibility index (Phi) is 7.19. The monoisotopic (exact) mass is 460 g/mol. The molecule has 0 bridgehead atoms. The van der Waals surface area contributed by atoms with Crippen molar-refractivity contribution >= 4 is 0 Å². The van der Waals surface area contributed by atoms with E-state index < -0.39 is 11.7 Å². The van der Waals surface area contributed by atoms with E-state index in [0.717, 1.165) is 53.8 Å². The lowest BCUT2D eigenvalue weighted by Crippen LogP contribution is -2.36. The third-order valence-electron chi connectivity index (χ3n) is 6.11. The Bertz CT molecular complexity index is 1170. The summed E-state index contributed by atoms with van der Waals surface area (Å²) in [5.74, 6) is 6.52. The topological polar surface area (TPSA) is 16.1 Å².